The van der Waals surface area contributed by atoms with Crippen molar-refractivity contribution < 1.29 is 9.59 Å². The van der Waals surface area contributed by atoms with Gasteiger partial charge in [-0.1, -0.05) is 79.3 Å². The van der Waals surface area contributed by atoms with E-state index in [4.69, 9.17) is 12.2 Å². The highest BCUT2D eigenvalue weighted by Gasteiger charge is 2.34. The van der Waals surface area contributed by atoms with E-state index in [9.17, 15) is 9.59 Å². The molecule has 0 aliphatic carbocycles. The Bertz CT molecular complexity index is 735. The summed E-state index contributed by atoms with van der Waals surface area (Å²) in [4.78, 5) is 29.0. The Morgan fingerprint density at radius 1 is 1.12 bits per heavy atom. The minimum absolute atomic E-state index is 0.00993. The number of thioether (sulfide) groups is 1. The lowest BCUT2D eigenvalue weighted by Gasteiger charge is -2.23. The molecule has 0 spiro atoms. The molecule has 2 heterocycles. The molecule has 2 fully saturated rings. The van der Waals surface area contributed by atoms with Crippen LogP contribution in [-0.4, -0.2) is 45.6 Å². The zero-order valence-corrected chi connectivity index (χ0v) is 16.2. The van der Waals surface area contributed by atoms with Crippen molar-refractivity contribution in [3.8, 4) is 0 Å². The van der Waals surface area contributed by atoms with Crippen LogP contribution in [0, 0.1) is 0 Å². The summed E-state index contributed by atoms with van der Waals surface area (Å²) in [5.41, 5.74) is 1.07. The maximum absolute atomic E-state index is 12.6. The number of nitrogens with zero attached hydrogens (tertiary/aromatic N) is 2. The molecule has 0 unspecified atom stereocenters. The smallest absolute Gasteiger partial charge is 0.266 e. The minimum atomic E-state index is -0.180. The van der Waals surface area contributed by atoms with E-state index in [0.717, 1.165) is 31.5 Å². The average molecular weight is 387 g/mol. The number of hydrogen-bond acceptors (Lipinski definition) is 4. The van der Waals surface area contributed by atoms with Crippen LogP contribution in [0.2, 0.25) is 0 Å². The summed E-state index contributed by atoms with van der Waals surface area (Å²) in [6.45, 7) is 1.61. The molecular weight excluding hydrogens is 364 g/mol. The van der Waals surface area contributed by atoms with Gasteiger partial charge < -0.3 is 4.90 Å². The van der Waals surface area contributed by atoms with Crippen molar-refractivity contribution in [3.05, 3.63) is 53.0 Å². The maximum Gasteiger partial charge on any atom is 0.266 e. The Labute approximate surface area is 163 Å². The van der Waals surface area contributed by atoms with Gasteiger partial charge in [0.2, 0.25) is 5.91 Å². The normalized spacial score (nSPS) is 20.2. The Hall–Kier alpha value is -1.92. The van der Waals surface area contributed by atoms with Gasteiger partial charge in [0.05, 0.1) is 4.91 Å². The summed E-state index contributed by atoms with van der Waals surface area (Å²) in [5.74, 6) is -0.190. The molecule has 2 aliphatic heterocycles. The molecule has 2 aliphatic rings. The van der Waals surface area contributed by atoms with Gasteiger partial charge in [-0.3, -0.25) is 14.5 Å². The van der Waals surface area contributed by atoms with Crippen molar-refractivity contribution in [1.29, 1.82) is 0 Å². The molecule has 2 amide bonds. The van der Waals surface area contributed by atoms with E-state index < -0.39 is 0 Å². The lowest BCUT2D eigenvalue weighted by Crippen LogP contribution is -2.42. The third-order valence-electron chi connectivity index (χ3n) is 4.46. The fourth-order valence-corrected chi connectivity index (χ4v) is 4.22. The standard InChI is InChI=1S/C20H22N2O2S2/c23-18(21-13-6-1-2-7-14-21)15-22-19(24)17(26-20(22)25)12-8-11-16-9-4-3-5-10-16/h3-5,8-12H,1-2,6-7,13-15H2/b11-8+,17-12-. The first-order valence-electron chi connectivity index (χ1n) is 8.90. The second-order valence-electron chi connectivity index (χ2n) is 6.35. The van der Waals surface area contributed by atoms with E-state index in [0.29, 0.717) is 9.23 Å². The highest BCUT2D eigenvalue weighted by atomic mass is 32.2. The van der Waals surface area contributed by atoms with Gasteiger partial charge in [0, 0.05) is 13.1 Å². The quantitative estimate of drug-likeness (QED) is 0.582. The Morgan fingerprint density at radius 3 is 2.50 bits per heavy atom. The van der Waals surface area contributed by atoms with Gasteiger partial charge in [-0.15, -0.1) is 0 Å². The first-order valence-corrected chi connectivity index (χ1v) is 10.1. The number of hydrogen-bond donors (Lipinski definition) is 0. The number of benzene rings is 1. The Morgan fingerprint density at radius 2 is 1.81 bits per heavy atom. The number of thiocarbonyl (C=S) groups is 1. The third kappa shape index (κ3) is 4.83. The highest BCUT2D eigenvalue weighted by Crippen LogP contribution is 2.31. The van der Waals surface area contributed by atoms with Crippen molar-refractivity contribution in [2.45, 2.75) is 25.7 Å². The van der Waals surface area contributed by atoms with Gasteiger partial charge in [-0.2, -0.15) is 0 Å². The summed E-state index contributed by atoms with van der Waals surface area (Å²) >= 11 is 6.57. The fraction of sp³-hybridized carbons (Fsp3) is 0.350. The molecule has 26 heavy (non-hydrogen) atoms. The molecule has 136 valence electrons. The zero-order chi connectivity index (χ0) is 18.4. The fourth-order valence-electron chi connectivity index (χ4n) is 3.02. The molecule has 4 nitrogen and oxygen atoms in total. The van der Waals surface area contributed by atoms with Crippen molar-refractivity contribution in [1.82, 2.24) is 9.80 Å². The van der Waals surface area contributed by atoms with Gasteiger partial charge in [0.1, 0.15) is 10.9 Å². The molecule has 0 saturated carbocycles. The van der Waals surface area contributed by atoms with Crippen molar-refractivity contribution in [2.75, 3.05) is 19.6 Å². The molecule has 0 aromatic heterocycles. The van der Waals surface area contributed by atoms with Crippen LogP contribution in [0.15, 0.2) is 47.4 Å². The average Bonchev–Trinajstić information content (AvgIpc) is 2.86. The number of allylic oxidation sites excluding steroid dienone is 2. The molecule has 0 N–H and O–H groups in total. The third-order valence-corrected chi connectivity index (χ3v) is 5.86. The summed E-state index contributed by atoms with van der Waals surface area (Å²) in [7, 11) is 0. The van der Waals surface area contributed by atoms with E-state index in [-0.39, 0.29) is 18.4 Å². The van der Waals surface area contributed by atoms with Crippen LogP contribution in [0.1, 0.15) is 31.2 Å². The minimum Gasteiger partial charge on any atom is -0.341 e. The lowest BCUT2D eigenvalue weighted by atomic mass is 10.2. The van der Waals surface area contributed by atoms with E-state index >= 15 is 0 Å². The van der Waals surface area contributed by atoms with Crippen molar-refractivity contribution in [3.63, 3.8) is 0 Å². The molecule has 1 aromatic rings. The van der Waals surface area contributed by atoms with Gasteiger partial charge in [0.15, 0.2) is 0 Å². The number of amides is 2. The first-order chi connectivity index (χ1) is 12.6. The molecule has 3 rings (SSSR count). The topological polar surface area (TPSA) is 40.6 Å². The van der Waals surface area contributed by atoms with Gasteiger partial charge in [0.25, 0.3) is 5.91 Å². The highest BCUT2D eigenvalue weighted by molar-refractivity contribution is 8.26. The van der Waals surface area contributed by atoms with Crippen LogP contribution in [0.25, 0.3) is 6.08 Å². The Kier molecular flexibility index (Phi) is 6.63. The summed E-state index contributed by atoms with van der Waals surface area (Å²) < 4.78 is 0.456. The first kappa shape index (κ1) is 18.9. The van der Waals surface area contributed by atoms with E-state index in [1.54, 1.807) is 6.08 Å². The number of likely N-dealkylation sites (tertiary alicyclic amines) is 1. The molecular formula is C20H22N2O2S2. The summed E-state index contributed by atoms with van der Waals surface area (Å²) in [6, 6.07) is 9.88. The van der Waals surface area contributed by atoms with Crippen molar-refractivity contribution in [2.24, 2.45) is 0 Å². The maximum atomic E-state index is 12.6. The SMILES string of the molecule is O=C(CN1C(=O)/C(=C/C=C/c2ccccc2)SC1=S)N1CCCCCC1. The molecule has 6 heteroatoms. The molecule has 0 radical (unpaired) electrons. The number of carbonyl (C=O) groups is 2. The van der Waals surface area contributed by atoms with Crippen LogP contribution in [0.4, 0.5) is 0 Å². The predicted molar refractivity (Wildman–Crippen MR) is 111 cm³/mol. The van der Waals surface area contributed by atoms with Gasteiger partial charge in [-0.25, -0.2) is 0 Å². The van der Waals surface area contributed by atoms with E-state index in [1.807, 2.05) is 47.4 Å². The molecule has 0 atom stereocenters. The lowest BCUT2D eigenvalue weighted by molar-refractivity contribution is -0.135. The monoisotopic (exact) mass is 386 g/mol. The van der Waals surface area contributed by atoms with Crippen molar-refractivity contribution >= 4 is 46.2 Å². The van der Waals surface area contributed by atoms with Crippen LogP contribution >= 0.6 is 24.0 Å². The van der Waals surface area contributed by atoms with Gasteiger partial charge in [-0.05, 0) is 24.5 Å². The van der Waals surface area contributed by atoms with Crippen LogP contribution < -0.4 is 0 Å². The molecule has 2 saturated heterocycles. The zero-order valence-electron chi connectivity index (χ0n) is 14.6. The second-order valence-corrected chi connectivity index (χ2v) is 8.03. The number of carbonyl (C=O) groups excluding carboxylic acids is 2. The second kappa shape index (κ2) is 9.14. The molecule has 1 aromatic carbocycles. The van der Waals surface area contributed by atoms with Gasteiger partial charge >= 0.3 is 0 Å². The van der Waals surface area contributed by atoms with Crippen LogP contribution in [-0.2, 0) is 9.59 Å². The molecule has 0 bridgehead atoms. The largest absolute Gasteiger partial charge is 0.341 e. The van der Waals surface area contributed by atoms with Crippen LogP contribution in [0.5, 0.6) is 0 Å². The Balaban J connectivity index is 1.62. The predicted octanol–water partition coefficient (Wildman–Crippen LogP) is 3.85. The summed E-state index contributed by atoms with van der Waals surface area (Å²) in [6.07, 6.45) is 9.96. The van der Waals surface area contributed by atoms with E-state index in [2.05, 4.69) is 0 Å². The number of rotatable bonds is 4. The van der Waals surface area contributed by atoms with Crippen LogP contribution in [0.3, 0.4) is 0 Å². The van der Waals surface area contributed by atoms with E-state index in [1.165, 1.54) is 29.5 Å². The summed E-state index contributed by atoms with van der Waals surface area (Å²) in [5, 5.41) is 0.